The SMILES string of the molecule is Nc1ccc2sc(C(=O)OCc3ccsc3)cc2c1. The number of fused-ring (bicyclic) bond motifs is 1. The summed E-state index contributed by atoms with van der Waals surface area (Å²) in [6, 6.07) is 9.39. The van der Waals surface area contributed by atoms with Crippen molar-refractivity contribution in [1.29, 1.82) is 0 Å². The van der Waals surface area contributed by atoms with Gasteiger partial charge in [0.15, 0.2) is 0 Å². The summed E-state index contributed by atoms with van der Waals surface area (Å²) in [6.07, 6.45) is 0. The summed E-state index contributed by atoms with van der Waals surface area (Å²) in [6.45, 7) is 0.318. The predicted octanol–water partition coefficient (Wildman–Crippen LogP) is 3.90. The highest BCUT2D eigenvalue weighted by atomic mass is 32.1. The van der Waals surface area contributed by atoms with Crippen molar-refractivity contribution in [3.8, 4) is 0 Å². The minimum Gasteiger partial charge on any atom is -0.457 e. The molecule has 0 bridgehead atoms. The molecule has 0 saturated heterocycles. The van der Waals surface area contributed by atoms with Gasteiger partial charge < -0.3 is 10.5 Å². The summed E-state index contributed by atoms with van der Waals surface area (Å²) >= 11 is 3.01. The average Bonchev–Trinajstić information content (AvgIpc) is 3.04. The van der Waals surface area contributed by atoms with Crippen LogP contribution in [0.15, 0.2) is 41.1 Å². The Bertz CT molecular complexity index is 716. The lowest BCUT2D eigenvalue weighted by atomic mass is 10.2. The molecule has 0 aliphatic carbocycles. The second kappa shape index (κ2) is 5.03. The molecule has 2 aromatic heterocycles. The normalized spacial score (nSPS) is 10.7. The molecule has 1 aromatic carbocycles. The number of nitrogens with two attached hydrogens (primary N) is 1. The summed E-state index contributed by atoms with van der Waals surface area (Å²) in [7, 11) is 0. The average molecular weight is 289 g/mol. The Labute approximate surface area is 118 Å². The third-order valence-electron chi connectivity index (χ3n) is 2.69. The van der Waals surface area contributed by atoms with Gasteiger partial charge in [0.2, 0.25) is 0 Å². The molecule has 2 heterocycles. The summed E-state index contributed by atoms with van der Waals surface area (Å²) in [5.74, 6) is -0.286. The van der Waals surface area contributed by atoms with Crippen molar-refractivity contribution in [2.24, 2.45) is 0 Å². The van der Waals surface area contributed by atoms with Crippen LogP contribution < -0.4 is 5.73 Å². The smallest absolute Gasteiger partial charge is 0.348 e. The van der Waals surface area contributed by atoms with Crippen LogP contribution in [0.3, 0.4) is 0 Å². The molecule has 0 radical (unpaired) electrons. The van der Waals surface area contributed by atoms with Crippen molar-refractivity contribution in [2.45, 2.75) is 6.61 Å². The first-order valence-corrected chi connectivity index (χ1v) is 7.45. The number of esters is 1. The van der Waals surface area contributed by atoms with Gasteiger partial charge >= 0.3 is 5.97 Å². The van der Waals surface area contributed by atoms with Crippen LogP contribution in [0.4, 0.5) is 5.69 Å². The van der Waals surface area contributed by atoms with Crippen molar-refractivity contribution in [3.63, 3.8) is 0 Å². The van der Waals surface area contributed by atoms with Crippen molar-refractivity contribution < 1.29 is 9.53 Å². The minimum absolute atomic E-state index is 0.286. The molecule has 3 aromatic rings. The van der Waals surface area contributed by atoms with E-state index in [2.05, 4.69) is 0 Å². The molecule has 0 saturated carbocycles. The van der Waals surface area contributed by atoms with Crippen LogP contribution in [0.2, 0.25) is 0 Å². The van der Waals surface area contributed by atoms with E-state index in [1.165, 1.54) is 11.3 Å². The molecule has 0 atom stereocenters. The fraction of sp³-hybridized carbons (Fsp3) is 0.0714. The molecule has 19 heavy (non-hydrogen) atoms. The summed E-state index contributed by atoms with van der Waals surface area (Å²) in [5, 5.41) is 4.91. The molecular weight excluding hydrogens is 278 g/mol. The highest BCUT2D eigenvalue weighted by Crippen LogP contribution is 2.28. The lowest BCUT2D eigenvalue weighted by molar-refractivity contribution is 0.0479. The number of ether oxygens (including phenoxy) is 1. The van der Waals surface area contributed by atoms with Crippen LogP contribution in [0, 0.1) is 0 Å². The van der Waals surface area contributed by atoms with E-state index < -0.39 is 0 Å². The Kier molecular flexibility index (Phi) is 3.23. The number of rotatable bonds is 3. The van der Waals surface area contributed by atoms with E-state index in [4.69, 9.17) is 10.5 Å². The van der Waals surface area contributed by atoms with Gasteiger partial charge in [-0.15, -0.1) is 11.3 Å². The standard InChI is InChI=1S/C14H11NO2S2/c15-11-1-2-12-10(5-11)6-13(19-12)14(16)17-7-9-3-4-18-8-9/h1-6,8H,7,15H2. The summed E-state index contributed by atoms with van der Waals surface area (Å²) in [4.78, 5) is 12.6. The molecule has 3 nitrogen and oxygen atoms in total. The van der Waals surface area contributed by atoms with Crippen LogP contribution in [-0.2, 0) is 11.3 Å². The van der Waals surface area contributed by atoms with Crippen LogP contribution >= 0.6 is 22.7 Å². The molecule has 0 unspecified atom stereocenters. The van der Waals surface area contributed by atoms with Gasteiger partial charge in [-0.25, -0.2) is 4.79 Å². The zero-order valence-electron chi connectivity index (χ0n) is 9.96. The summed E-state index contributed by atoms with van der Waals surface area (Å²) < 4.78 is 6.32. The van der Waals surface area contributed by atoms with E-state index >= 15 is 0 Å². The lowest BCUT2D eigenvalue weighted by Crippen LogP contribution is -2.02. The highest BCUT2D eigenvalue weighted by Gasteiger charge is 2.12. The number of hydrogen-bond acceptors (Lipinski definition) is 5. The first kappa shape index (κ1) is 12.2. The topological polar surface area (TPSA) is 52.3 Å². The second-order valence-electron chi connectivity index (χ2n) is 4.12. The number of carbonyl (C=O) groups excluding carboxylic acids is 1. The maximum absolute atomic E-state index is 12.0. The van der Waals surface area contributed by atoms with Crippen molar-refractivity contribution >= 4 is 44.4 Å². The van der Waals surface area contributed by atoms with Gasteiger partial charge in [-0.2, -0.15) is 11.3 Å². The Morgan fingerprint density at radius 3 is 2.95 bits per heavy atom. The number of thiophene rings is 2. The maximum Gasteiger partial charge on any atom is 0.348 e. The monoisotopic (exact) mass is 289 g/mol. The van der Waals surface area contributed by atoms with Crippen LogP contribution in [0.5, 0.6) is 0 Å². The zero-order valence-corrected chi connectivity index (χ0v) is 11.6. The Morgan fingerprint density at radius 1 is 1.26 bits per heavy atom. The zero-order chi connectivity index (χ0) is 13.2. The van der Waals surface area contributed by atoms with Gasteiger partial charge in [-0.3, -0.25) is 0 Å². The molecule has 0 aliphatic rings. The fourth-order valence-corrected chi connectivity index (χ4v) is 3.35. The van der Waals surface area contributed by atoms with Gasteiger partial charge in [0.1, 0.15) is 11.5 Å². The first-order chi connectivity index (χ1) is 9.22. The van der Waals surface area contributed by atoms with Crippen molar-refractivity contribution in [1.82, 2.24) is 0 Å². The fourth-order valence-electron chi connectivity index (χ4n) is 1.76. The number of carbonyl (C=O) groups is 1. The number of anilines is 1. The van der Waals surface area contributed by atoms with Crippen LogP contribution in [0.1, 0.15) is 15.2 Å². The van der Waals surface area contributed by atoms with Gasteiger partial charge in [-0.1, -0.05) is 0 Å². The molecular formula is C14H11NO2S2. The Hall–Kier alpha value is -1.85. The van der Waals surface area contributed by atoms with Gasteiger partial charge in [0.05, 0.1) is 0 Å². The third kappa shape index (κ3) is 2.62. The quantitative estimate of drug-likeness (QED) is 0.587. The second-order valence-corrected chi connectivity index (χ2v) is 5.98. The van der Waals surface area contributed by atoms with Crippen molar-refractivity contribution in [2.75, 3.05) is 5.73 Å². The largest absolute Gasteiger partial charge is 0.457 e. The number of hydrogen-bond donors (Lipinski definition) is 1. The molecule has 0 fully saturated rings. The molecule has 2 N–H and O–H groups in total. The number of benzene rings is 1. The van der Waals surface area contributed by atoms with E-state index in [0.717, 1.165) is 15.6 Å². The van der Waals surface area contributed by atoms with Crippen molar-refractivity contribution in [3.05, 3.63) is 51.5 Å². The molecule has 0 aliphatic heterocycles. The van der Waals surface area contributed by atoms with E-state index in [9.17, 15) is 4.79 Å². The lowest BCUT2D eigenvalue weighted by Gasteiger charge is -2.00. The van der Waals surface area contributed by atoms with E-state index in [0.29, 0.717) is 17.2 Å². The van der Waals surface area contributed by atoms with E-state index in [1.54, 1.807) is 11.3 Å². The molecule has 0 amide bonds. The predicted molar refractivity (Wildman–Crippen MR) is 79.7 cm³/mol. The Morgan fingerprint density at radius 2 is 2.16 bits per heavy atom. The molecule has 96 valence electrons. The van der Waals surface area contributed by atoms with E-state index in [-0.39, 0.29) is 5.97 Å². The van der Waals surface area contributed by atoms with Gasteiger partial charge in [0, 0.05) is 16.0 Å². The highest BCUT2D eigenvalue weighted by molar-refractivity contribution is 7.20. The van der Waals surface area contributed by atoms with Gasteiger partial charge in [0.25, 0.3) is 0 Å². The molecule has 5 heteroatoms. The van der Waals surface area contributed by atoms with E-state index in [1.807, 2.05) is 41.1 Å². The first-order valence-electron chi connectivity index (χ1n) is 5.69. The minimum atomic E-state index is -0.286. The third-order valence-corrected chi connectivity index (χ3v) is 4.52. The Balaban J connectivity index is 1.77. The van der Waals surface area contributed by atoms with Crippen LogP contribution in [-0.4, -0.2) is 5.97 Å². The van der Waals surface area contributed by atoms with Crippen LogP contribution in [0.25, 0.3) is 10.1 Å². The summed E-state index contributed by atoms with van der Waals surface area (Å²) in [5.41, 5.74) is 7.44. The molecule has 0 spiro atoms. The maximum atomic E-state index is 12.0. The molecule has 3 rings (SSSR count). The number of nitrogen functional groups attached to an aromatic ring is 1. The van der Waals surface area contributed by atoms with Gasteiger partial charge in [-0.05, 0) is 46.5 Å².